The molecule has 1 aliphatic heterocycles. The van der Waals surface area contributed by atoms with Gasteiger partial charge in [-0.2, -0.15) is 13.2 Å². The molecule has 0 aliphatic carbocycles. The zero-order chi connectivity index (χ0) is 26.6. The van der Waals surface area contributed by atoms with Gasteiger partial charge in [0, 0.05) is 45.7 Å². The molecule has 0 unspecified atom stereocenters. The molecular formula is C24H38F3N5O3. The summed E-state index contributed by atoms with van der Waals surface area (Å²) in [5.41, 5.74) is -1.27. The van der Waals surface area contributed by atoms with Crippen molar-refractivity contribution in [2.75, 3.05) is 49.6 Å². The van der Waals surface area contributed by atoms with Crippen molar-refractivity contribution in [3.05, 3.63) is 23.3 Å². The van der Waals surface area contributed by atoms with E-state index >= 15 is 0 Å². The summed E-state index contributed by atoms with van der Waals surface area (Å²) in [6.45, 7) is 9.32. The summed E-state index contributed by atoms with van der Waals surface area (Å²) in [7, 11) is 1.63. The third kappa shape index (κ3) is 8.72. The summed E-state index contributed by atoms with van der Waals surface area (Å²) in [4.78, 5) is 38.8. The van der Waals surface area contributed by atoms with Crippen LogP contribution in [0.1, 0.15) is 62.9 Å². The van der Waals surface area contributed by atoms with E-state index in [1.807, 2.05) is 13.8 Å². The molecule has 1 aliphatic rings. The van der Waals surface area contributed by atoms with E-state index in [9.17, 15) is 27.6 Å². The molecule has 3 amide bonds. The third-order valence-electron chi connectivity index (χ3n) is 5.58. The van der Waals surface area contributed by atoms with Gasteiger partial charge in [0.25, 0.3) is 5.91 Å². The summed E-state index contributed by atoms with van der Waals surface area (Å²) in [5, 5.41) is 8.52. The monoisotopic (exact) mass is 501 g/mol. The van der Waals surface area contributed by atoms with Gasteiger partial charge in [-0.3, -0.25) is 14.4 Å². The maximum absolute atomic E-state index is 13.9. The average molecular weight is 502 g/mol. The van der Waals surface area contributed by atoms with Crippen LogP contribution >= 0.6 is 0 Å². The highest BCUT2D eigenvalue weighted by Crippen LogP contribution is 2.39. The van der Waals surface area contributed by atoms with Gasteiger partial charge in [0.05, 0.1) is 22.5 Å². The van der Waals surface area contributed by atoms with E-state index in [2.05, 4.69) is 16.0 Å². The number of rotatable bonds is 10. The molecule has 1 atom stereocenters. The number of nitrogens with zero attached hydrogens (tertiary/aromatic N) is 2. The standard InChI is InChI=1S/C22H32F3N5O3.C2H6/c1-4-20(32)27-9-10-29(3)18-11-16(21(33)28-15-7-6-8-26-13-15)17(22(23,24)25)12-19(18)30(5-2)14-31;1-2/h11-12,14-15,26H,4-10,13H2,1-3H3,(H,27,32)(H,28,33);1-2H3/t15-;/m1./s1. The normalized spacial score (nSPS) is 15.4. The molecule has 11 heteroatoms. The number of alkyl halides is 3. The van der Waals surface area contributed by atoms with Gasteiger partial charge in [0.1, 0.15) is 0 Å². The van der Waals surface area contributed by atoms with Crippen molar-refractivity contribution in [1.29, 1.82) is 0 Å². The molecule has 1 aromatic carbocycles. The van der Waals surface area contributed by atoms with E-state index in [0.717, 1.165) is 23.9 Å². The number of nitrogens with one attached hydrogen (secondary N) is 3. The number of piperidine rings is 1. The quantitative estimate of drug-likeness (QED) is 0.429. The van der Waals surface area contributed by atoms with Crippen LogP contribution in [0.3, 0.4) is 0 Å². The first-order valence-electron chi connectivity index (χ1n) is 12.1. The lowest BCUT2D eigenvalue weighted by molar-refractivity contribution is -0.138. The predicted octanol–water partition coefficient (Wildman–Crippen LogP) is 3.16. The Hall–Kier alpha value is -2.82. The third-order valence-corrected chi connectivity index (χ3v) is 5.58. The highest BCUT2D eigenvalue weighted by atomic mass is 19.4. The summed E-state index contributed by atoms with van der Waals surface area (Å²) in [6, 6.07) is 1.76. The van der Waals surface area contributed by atoms with Crippen molar-refractivity contribution in [3.8, 4) is 0 Å². The first-order chi connectivity index (χ1) is 16.6. The van der Waals surface area contributed by atoms with E-state index in [-0.39, 0.29) is 43.0 Å². The van der Waals surface area contributed by atoms with Gasteiger partial charge in [-0.25, -0.2) is 0 Å². The highest BCUT2D eigenvalue weighted by molar-refractivity contribution is 5.99. The summed E-state index contributed by atoms with van der Waals surface area (Å²) >= 11 is 0. The number of hydrogen-bond acceptors (Lipinski definition) is 5. The van der Waals surface area contributed by atoms with Crippen LogP contribution in [0.4, 0.5) is 24.5 Å². The Labute approximate surface area is 205 Å². The zero-order valence-electron chi connectivity index (χ0n) is 21.2. The minimum absolute atomic E-state index is 0.0417. The van der Waals surface area contributed by atoms with E-state index in [1.54, 1.807) is 25.8 Å². The highest BCUT2D eigenvalue weighted by Gasteiger charge is 2.37. The van der Waals surface area contributed by atoms with E-state index < -0.39 is 23.2 Å². The first-order valence-corrected chi connectivity index (χ1v) is 12.1. The Morgan fingerprint density at radius 1 is 1.20 bits per heavy atom. The maximum Gasteiger partial charge on any atom is 0.417 e. The van der Waals surface area contributed by atoms with Gasteiger partial charge in [-0.15, -0.1) is 0 Å². The predicted molar refractivity (Wildman–Crippen MR) is 132 cm³/mol. The summed E-state index contributed by atoms with van der Waals surface area (Å²) in [5.74, 6) is -0.967. The summed E-state index contributed by atoms with van der Waals surface area (Å²) in [6.07, 6.45) is -2.53. The molecule has 0 saturated carbocycles. The molecule has 198 valence electrons. The lowest BCUT2D eigenvalue weighted by Gasteiger charge is -2.29. The molecule has 1 heterocycles. The van der Waals surface area contributed by atoms with Crippen LogP contribution in [0.5, 0.6) is 0 Å². The molecule has 1 fully saturated rings. The second-order valence-electron chi connectivity index (χ2n) is 7.92. The van der Waals surface area contributed by atoms with Crippen LogP contribution in [0.2, 0.25) is 0 Å². The Kier molecular flexibility index (Phi) is 12.6. The van der Waals surface area contributed by atoms with Gasteiger partial charge >= 0.3 is 6.18 Å². The minimum Gasteiger partial charge on any atom is -0.371 e. The van der Waals surface area contributed by atoms with Crippen LogP contribution in [-0.2, 0) is 15.8 Å². The molecular weight excluding hydrogens is 463 g/mol. The number of hydrogen-bond donors (Lipinski definition) is 3. The number of benzene rings is 1. The Balaban J connectivity index is 0.00000298. The van der Waals surface area contributed by atoms with Gasteiger partial charge in [0.2, 0.25) is 12.3 Å². The molecule has 0 bridgehead atoms. The SMILES string of the molecule is CC.CCC(=O)NCCN(C)c1cc(C(=O)N[C@@H]2CCCNC2)c(C(F)(F)F)cc1N(C=O)CC. The number of anilines is 2. The minimum atomic E-state index is -4.79. The second-order valence-corrected chi connectivity index (χ2v) is 7.92. The topological polar surface area (TPSA) is 93.8 Å². The van der Waals surface area contributed by atoms with Crippen molar-refractivity contribution < 1.29 is 27.6 Å². The van der Waals surface area contributed by atoms with Crippen molar-refractivity contribution in [2.45, 2.75) is 59.2 Å². The maximum atomic E-state index is 13.9. The Morgan fingerprint density at radius 2 is 1.89 bits per heavy atom. The van der Waals surface area contributed by atoms with Crippen LogP contribution in [0, 0.1) is 0 Å². The molecule has 3 N–H and O–H groups in total. The van der Waals surface area contributed by atoms with Gasteiger partial charge in [-0.1, -0.05) is 20.8 Å². The Bertz CT molecular complexity index is 842. The lowest BCUT2D eigenvalue weighted by Crippen LogP contribution is -2.46. The van der Waals surface area contributed by atoms with Crippen molar-refractivity contribution in [1.82, 2.24) is 16.0 Å². The molecule has 35 heavy (non-hydrogen) atoms. The van der Waals surface area contributed by atoms with Crippen molar-refractivity contribution in [3.63, 3.8) is 0 Å². The second kappa shape index (κ2) is 14.6. The molecule has 8 nitrogen and oxygen atoms in total. The first kappa shape index (κ1) is 30.2. The van der Waals surface area contributed by atoms with Crippen molar-refractivity contribution in [2.24, 2.45) is 0 Å². The lowest BCUT2D eigenvalue weighted by atomic mass is 10.0. The fourth-order valence-corrected chi connectivity index (χ4v) is 3.68. The number of likely N-dealkylation sites (N-methyl/N-ethyl adjacent to an activating group) is 1. The molecule has 1 aromatic rings. The van der Waals surface area contributed by atoms with Crippen LogP contribution in [-0.4, -0.2) is 64.0 Å². The van der Waals surface area contributed by atoms with Crippen LogP contribution < -0.4 is 25.8 Å². The summed E-state index contributed by atoms with van der Waals surface area (Å²) < 4.78 is 41.8. The average Bonchev–Trinajstić information content (AvgIpc) is 2.85. The van der Waals surface area contributed by atoms with Crippen molar-refractivity contribution >= 4 is 29.6 Å². The molecule has 1 saturated heterocycles. The van der Waals surface area contributed by atoms with E-state index in [4.69, 9.17) is 0 Å². The van der Waals surface area contributed by atoms with Gasteiger partial charge in [-0.05, 0) is 38.4 Å². The van der Waals surface area contributed by atoms with Crippen LogP contribution in [0.15, 0.2) is 12.1 Å². The van der Waals surface area contributed by atoms with Gasteiger partial charge < -0.3 is 25.8 Å². The Morgan fingerprint density at radius 3 is 2.40 bits per heavy atom. The molecule has 0 aromatic heterocycles. The number of carbonyl (C=O) groups excluding carboxylic acids is 3. The fraction of sp³-hybridized carbons (Fsp3) is 0.625. The number of halogens is 3. The number of carbonyl (C=O) groups is 3. The zero-order valence-corrected chi connectivity index (χ0v) is 21.2. The molecule has 0 radical (unpaired) electrons. The van der Waals surface area contributed by atoms with Crippen LogP contribution in [0.25, 0.3) is 0 Å². The van der Waals surface area contributed by atoms with Gasteiger partial charge in [0.15, 0.2) is 0 Å². The smallest absolute Gasteiger partial charge is 0.371 e. The molecule has 0 spiro atoms. The molecule has 2 rings (SSSR count). The number of amides is 3. The van der Waals surface area contributed by atoms with E-state index in [1.165, 1.54) is 6.07 Å². The van der Waals surface area contributed by atoms with E-state index in [0.29, 0.717) is 25.8 Å². The fourth-order valence-electron chi connectivity index (χ4n) is 3.68. The largest absolute Gasteiger partial charge is 0.417 e.